The molecule has 0 bridgehead atoms. The molecule has 0 N–H and O–H groups in total. The standard InChI is InChI=1S/C70H76N2/c1-47(2)49-25-35-57(36-26-49)71(59-39-29-53(30-40-59)69(11,12)51-21-17-15-18-22-51)65-61-43-33-56(68(8,9)10)46-64(61)66(62-44-34-55(45-63(62)65)67(5,6)7)72(58-37-27-50(28-38-58)48(3)4)60-41-31-54(32-42-60)70(13,14)52-23-19-16-20-24-52/h15-48H,1-14H3. The molecule has 0 unspecified atom stereocenters. The monoisotopic (exact) mass is 945 g/mol. The predicted molar refractivity (Wildman–Crippen MR) is 314 cm³/mol. The van der Waals surface area contributed by atoms with E-state index in [4.69, 9.17) is 0 Å². The fourth-order valence-electron chi connectivity index (χ4n) is 10.5. The Hall–Kier alpha value is -6.90. The van der Waals surface area contributed by atoms with Crippen LogP contribution in [0.3, 0.4) is 0 Å². The van der Waals surface area contributed by atoms with E-state index in [9.17, 15) is 0 Å². The summed E-state index contributed by atoms with van der Waals surface area (Å²) < 4.78 is 0. The number of benzene rings is 9. The Bertz CT molecular complexity index is 3080. The van der Waals surface area contributed by atoms with E-state index in [2.05, 4.69) is 301 Å². The van der Waals surface area contributed by atoms with E-state index in [-0.39, 0.29) is 21.7 Å². The number of nitrogens with zero attached hydrogens (tertiary/aromatic N) is 2. The molecule has 0 aliphatic heterocycles. The second-order valence-corrected chi connectivity index (χ2v) is 24.0. The van der Waals surface area contributed by atoms with Gasteiger partial charge in [0.1, 0.15) is 0 Å². The van der Waals surface area contributed by atoms with Gasteiger partial charge < -0.3 is 9.80 Å². The van der Waals surface area contributed by atoms with Gasteiger partial charge in [0.05, 0.1) is 11.4 Å². The number of hydrogen-bond acceptors (Lipinski definition) is 2. The van der Waals surface area contributed by atoms with Gasteiger partial charge in [-0.3, -0.25) is 0 Å². The second-order valence-electron chi connectivity index (χ2n) is 24.0. The minimum Gasteiger partial charge on any atom is -0.309 e. The Balaban J connectivity index is 1.38. The molecule has 0 saturated heterocycles. The molecule has 2 heteroatoms. The molecular formula is C70H76N2. The lowest BCUT2D eigenvalue weighted by Gasteiger charge is -2.35. The Morgan fingerprint density at radius 2 is 0.542 bits per heavy atom. The van der Waals surface area contributed by atoms with Gasteiger partial charge >= 0.3 is 0 Å². The highest BCUT2D eigenvalue weighted by Crippen LogP contribution is 2.53. The van der Waals surface area contributed by atoms with Crippen molar-refractivity contribution < 1.29 is 0 Å². The zero-order valence-electron chi connectivity index (χ0n) is 45.5. The summed E-state index contributed by atoms with van der Waals surface area (Å²) >= 11 is 0. The molecule has 0 aliphatic carbocycles. The lowest BCUT2D eigenvalue weighted by atomic mass is 9.78. The lowest BCUT2D eigenvalue weighted by molar-refractivity contribution is 0.590. The van der Waals surface area contributed by atoms with Gasteiger partial charge in [-0.1, -0.05) is 230 Å². The smallest absolute Gasteiger partial charge is 0.0620 e. The second kappa shape index (κ2) is 19.3. The normalized spacial score (nSPS) is 12.6. The van der Waals surface area contributed by atoms with E-state index in [0.29, 0.717) is 11.8 Å². The van der Waals surface area contributed by atoms with E-state index in [1.54, 1.807) is 0 Å². The summed E-state index contributed by atoms with van der Waals surface area (Å²) in [5.74, 6) is 0.828. The third-order valence-electron chi connectivity index (χ3n) is 15.6. The highest BCUT2D eigenvalue weighted by atomic mass is 15.2. The maximum Gasteiger partial charge on any atom is 0.0620 e. The summed E-state index contributed by atoms with van der Waals surface area (Å²) in [7, 11) is 0. The Labute approximate surface area is 432 Å². The average molecular weight is 945 g/mol. The molecule has 9 aromatic carbocycles. The van der Waals surface area contributed by atoms with Crippen molar-refractivity contribution in [3.05, 3.63) is 239 Å². The van der Waals surface area contributed by atoms with Crippen molar-refractivity contribution >= 4 is 55.7 Å². The van der Waals surface area contributed by atoms with Crippen LogP contribution in [-0.4, -0.2) is 0 Å². The minimum atomic E-state index is -0.179. The molecule has 2 nitrogen and oxygen atoms in total. The summed E-state index contributed by atoms with van der Waals surface area (Å²) in [6.07, 6.45) is 0. The molecule has 0 aromatic heterocycles. The maximum atomic E-state index is 2.54. The van der Waals surface area contributed by atoms with Crippen molar-refractivity contribution in [3.8, 4) is 0 Å². The third kappa shape index (κ3) is 9.61. The van der Waals surface area contributed by atoms with Crippen LogP contribution >= 0.6 is 0 Å². The minimum absolute atomic E-state index is 0.0984. The maximum absolute atomic E-state index is 2.54. The first-order chi connectivity index (χ1) is 34.1. The van der Waals surface area contributed by atoms with Crippen LogP contribution in [0.1, 0.15) is 153 Å². The number of fused-ring (bicyclic) bond motifs is 2. The fourth-order valence-corrected chi connectivity index (χ4v) is 10.5. The molecule has 72 heavy (non-hydrogen) atoms. The van der Waals surface area contributed by atoms with Gasteiger partial charge in [-0.05, 0) is 128 Å². The van der Waals surface area contributed by atoms with Crippen LogP contribution in [0.25, 0.3) is 21.5 Å². The predicted octanol–water partition coefficient (Wildman–Crippen LogP) is 20.4. The molecule has 9 rings (SSSR count). The number of hydrogen-bond donors (Lipinski definition) is 0. The quantitative estimate of drug-likeness (QED) is 0.0889. The van der Waals surface area contributed by atoms with Gasteiger partial charge in [-0.15, -0.1) is 0 Å². The summed E-state index contributed by atoms with van der Waals surface area (Å²) in [6.45, 7) is 32.5. The van der Waals surface area contributed by atoms with Crippen molar-refractivity contribution in [1.29, 1.82) is 0 Å². The highest BCUT2D eigenvalue weighted by Gasteiger charge is 2.30. The zero-order valence-corrected chi connectivity index (χ0v) is 45.5. The topological polar surface area (TPSA) is 6.48 Å². The van der Waals surface area contributed by atoms with Crippen LogP contribution in [0.2, 0.25) is 0 Å². The van der Waals surface area contributed by atoms with E-state index < -0.39 is 0 Å². The Morgan fingerprint density at radius 3 is 0.819 bits per heavy atom. The van der Waals surface area contributed by atoms with Crippen LogP contribution in [0.4, 0.5) is 34.1 Å². The summed E-state index contributed by atoms with van der Waals surface area (Å²) in [6, 6.07) is 73.8. The number of anilines is 6. The SMILES string of the molecule is CC(C)c1ccc(N(c2ccc(C(C)(C)c3ccccc3)cc2)c2c3ccc(C(C)(C)C)cc3c(N(c3ccc(C(C)C)cc3)c3ccc(C(C)(C)c4ccccc4)cc3)c3ccc(C(C)(C)C)cc23)cc1. The van der Waals surface area contributed by atoms with E-state index >= 15 is 0 Å². The van der Waals surface area contributed by atoms with Crippen molar-refractivity contribution in [1.82, 2.24) is 0 Å². The molecule has 0 fully saturated rings. The fraction of sp³-hybridized carbons (Fsp3) is 0.286. The molecule has 0 spiro atoms. The Kier molecular flexibility index (Phi) is 13.4. The van der Waals surface area contributed by atoms with Gasteiger partial charge in [-0.2, -0.15) is 0 Å². The van der Waals surface area contributed by atoms with Gasteiger partial charge in [0.25, 0.3) is 0 Å². The first-order valence-corrected chi connectivity index (χ1v) is 26.3. The molecule has 0 saturated carbocycles. The molecule has 0 aliphatic rings. The van der Waals surface area contributed by atoms with Crippen molar-refractivity contribution in [2.24, 2.45) is 0 Å². The highest BCUT2D eigenvalue weighted by molar-refractivity contribution is 6.23. The summed E-state index contributed by atoms with van der Waals surface area (Å²) in [5.41, 5.74) is 16.7. The molecular weight excluding hydrogens is 869 g/mol. The molecule has 0 heterocycles. The van der Waals surface area contributed by atoms with Crippen molar-refractivity contribution in [3.63, 3.8) is 0 Å². The van der Waals surface area contributed by atoms with E-state index in [1.807, 2.05) is 0 Å². The molecule has 9 aromatic rings. The molecule has 0 amide bonds. The molecule has 0 radical (unpaired) electrons. The van der Waals surface area contributed by atoms with Crippen LogP contribution in [0.5, 0.6) is 0 Å². The van der Waals surface area contributed by atoms with Crippen LogP contribution in [-0.2, 0) is 21.7 Å². The van der Waals surface area contributed by atoms with E-state index in [0.717, 1.165) is 22.7 Å². The van der Waals surface area contributed by atoms with Crippen LogP contribution in [0, 0.1) is 0 Å². The summed E-state index contributed by atoms with van der Waals surface area (Å²) in [5, 5.41) is 4.81. The third-order valence-corrected chi connectivity index (χ3v) is 15.6. The van der Waals surface area contributed by atoms with Crippen molar-refractivity contribution in [2.75, 3.05) is 9.80 Å². The molecule has 366 valence electrons. The zero-order chi connectivity index (χ0) is 51.3. The Morgan fingerprint density at radius 1 is 0.278 bits per heavy atom. The number of rotatable bonds is 12. The van der Waals surface area contributed by atoms with Gasteiger partial charge in [0.15, 0.2) is 0 Å². The molecule has 0 atom stereocenters. The van der Waals surface area contributed by atoms with E-state index in [1.165, 1.54) is 77.4 Å². The van der Waals surface area contributed by atoms with Gasteiger partial charge in [0.2, 0.25) is 0 Å². The summed E-state index contributed by atoms with van der Waals surface area (Å²) in [4.78, 5) is 5.09. The van der Waals surface area contributed by atoms with Gasteiger partial charge in [-0.25, -0.2) is 0 Å². The average Bonchev–Trinajstić information content (AvgIpc) is 3.37. The van der Waals surface area contributed by atoms with Gasteiger partial charge in [0, 0.05) is 55.1 Å². The largest absolute Gasteiger partial charge is 0.309 e. The van der Waals surface area contributed by atoms with Crippen molar-refractivity contribution in [2.45, 2.75) is 130 Å². The first-order valence-electron chi connectivity index (χ1n) is 26.3. The lowest BCUT2D eigenvalue weighted by Crippen LogP contribution is -2.20. The van der Waals surface area contributed by atoms with Crippen LogP contribution in [0.15, 0.2) is 194 Å². The first kappa shape index (κ1) is 50.1. The van der Waals surface area contributed by atoms with Crippen LogP contribution < -0.4 is 9.80 Å².